The lowest BCUT2D eigenvalue weighted by molar-refractivity contribution is -0.141. The van der Waals surface area contributed by atoms with E-state index in [4.69, 9.17) is 0 Å². The zero-order valence-electron chi connectivity index (χ0n) is 15.5. The highest BCUT2D eigenvalue weighted by atomic mass is 32.2. The van der Waals surface area contributed by atoms with Crippen LogP contribution in [0.1, 0.15) is 26.2 Å². The molecule has 8 heteroatoms. The van der Waals surface area contributed by atoms with Gasteiger partial charge in [-0.15, -0.1) is 0 Å². The van der Waals surface area contributed by atoms with E-state index in [9.17, 15) is 23.1 Å². The van der Waals surface area contributed by atoms with E-state index in [1.807, 2.05) is 37.3 Å². The molecule has 2 aromatic rings. The molecule has 0 spiro atoms. The molecule has 0 aromatic heterocycles. The summed E-state index contributed by atoms with van der Waals surface area (Å²) in [5.41, 5.74) is 0. The number of sulfone groups is 1. The lowest BCUT2D eigenvalue weighted by Crippen LogP contribution is -2.45. The third-order valence-corrected chi connectivity index (χ3v) is 6.72. The Balaban J connectivity index is 2.07. The number of carbonyl (C=O) groups excluding carboxylic acids is 1. The Morgan fingerprint density at radius 3 is 2.21 bits per heavy atom. The average Bonchev–Trinajstić information content (AvgIpc) is 2.67. The molecular formula is C20H23NO5S2. The number of carboxylic acids is 1. The van der Waals surface area contributed by atoms with E-state index in [1.54, 1.807) is 12.1 Å². The summed E-state index contributed by atoms with van der Waals surface area (Å²) in [5, 5.41) is 11.6. The zero-order chi connectivity index (χ0) is 20.6. The molecule has 0 aliphatic carbocycles. The van der Waals surface area contributed by atoms with Gasteiger partial charge in [-0.25, -0.2) is 13.2 Å². The van der Waals surface area contributed by atoms with Crippen LogP contribution in [0.15, 0.2) is 69.3 Å². The highest BCUT2D eigenvalue weighted by Gasteiger charge is 2.28. The number of benzene rings is 2. The molecule has 2 N–H and O–H groups in total. The third kappa shape index (κ3) is 6.69. The Bertz CT molecular complexity index is 896. The molecule has 0 fully saturated rings. The van der Waals surface area contributed by atoms with Gasteiger partial charge in [0.05, 0.1) is 10.6 Å². The molecule has 0 bridgehead atoms. The van der Waals surface area contributed by atoms with Crippen LogP contribution in [-0.4, -0.2) is 37.2 Å². The maximum Gasteiger partial charge on any atom is 0.327 e. The normalized spacial score (nSPS) is 12.3. The van der Waals surface area contributed by atoms with Crippen LogP contribution in [0, 0.1) is 0 Å². The van der Waals surface area contributed by atoms with E-state index in [1.165, 1.54) is 23.9 Å². The molecule has 1 amide bonds. The maximum atomic E-state index is 12.6. The van der Waals surface area contributed by atoms with Crippen LogP contribution < -0.4 is 5.32 Å². The summed E-state index contributed by atoms with van der Waals surface area (Å²) in [4.78, 5) is 25.1. The monoisotopic (exact) mass is 421 g/mol. The number of hydrogen-bond donors (Lipinski definition) is 2. The topological polar surface area (TPSA) is 101 Å². The van der Waals surface area contributed by atoms with Gasteiger partial charge in [0.1, 0.15) is 6.04 Å². The smallest absolute Gasteiger partial charge is 0.327 e. The van der Waals surface area contributed by atoms with Crippen LogP contribution in [0.25, 0.3) is 0 Å². The van der Waals surface area contributed by atoms with Crippen molar-refractivity contribution < 1.29 is 23.1 Å². The maximum absolute atomic E-state index is 12.6. The molecular weight excluding hydrogens is 398 g/mol. The lowest BCUT2D eigenvalue weighted by Gasteiger charge is -2.15. The number of aliphatic carboxylic acids is 1. The van der Waals surface area contributed by atoms with Crippen molar-refractivity contribution in [2.45, 2.75) is 46.9 Å². The van der Waals surface area contributed by atoms with Crippen LogP contribution in [-0.2, 0) is 19.4 Å². The highest BCUT2D eigenvalue weighted by molar-refractivity contribution is 7.99. The summed E-state index contributed by atoms with van der Waals surface area (Å²) in [6, 6.07) is 14.5. The predicted octanol–water partition coefficient (Wildman–Crippen LogP) is 3.37. The number of nitrogens with one attached hydrogen (secondary N) is 1. The minimum absolute atomic E-state index is 0.0268. The number of rotatable bonds is 10. The summed E-state index contributed by atoms with van der Waals surface area (Å²) < 4.78 is 25.2. The Labute approximate surface area is 169 Å². The van der Waals surface area contributed by atoms with E-state index in [0.29, 0.717) is 6.42 Å². The summed E-state index contributed by atoms with van der Waals surface area (Å²) in [6.07, 6.45) is 1.58. The Morgan fingerprint density at radius 2 is 1.64 bits per heavy atom. The van der Waals surface area contributed by atoms with Gasteiger partial charge in [0, 0.05) is 16.2 Å². The van der Waals surface area contributed by atoms with Crippen molar-refractivity contribution in [3.63, 3.8) is 0 Å². The number of unbranched alkanes of at least 4 members (excludes halogenated alkanes) is 1. The van der Waals surface area contributed by atoms with Gasteiger partial charge in [-0.3, -0.25) is 4.79 Å². The third-order valence-electron chi connectivity index (χ3n) is 3.94. The van der Waals surface area contributed by atoms with Crippen LogP contribution in [0.3, 0.4) is 0 Å². The second kappa shape index (κ2) is 10.3. The molecule has 6 nitrogen and oxygen atoms in total. The van der Waals surface area contributed by atoms with Crippen molar-refractivity contribution in [3.8, 4) is 0 Å². The standard InChI is InChI=1S/C20H23NO5S2/c1-2-3-9-19(22)21-18(20(23)24)14-28(25,26)17-12-10-16(11-13-17)27-15-7-5-4-6-8-15/h4-8,10-13,18H,2-3,9,14H2,1H3,(H,21,22)(H,23,24)/t18-/m0/s1. The van der Waals surface area contributed by atoms with Crippen molar-refractivity contribution in [3.05, 3.63) is 54.6 Å². The van der Waals surface area contributed by atoms with Crippen LogP contribution in [0.4, 0.5) is 0 Å². The minimum atomic E-state index is -3.87. The van der Waals surface area contributed by atoms with Crippen molar-refractivity contribution in [1.29, 1.82) is 0 Å². The number of carbonyl (C=O) groups is 2. The second-order valence-electron chi connectivity index (χ2n) is 6.23. The fraction of sp³-hybridized carbons (Fsp3) is 0.300. The average molecular weight is 422 g/mol. The van der Waals surface area contributed by atoms with E-state index >= 15 is 0 Å². The SMILES string of the molecule is CCCCC(=O)N[C@@H](CS(=O)(=O)c1ccc(Sc2ccccc2)cc1)C(=O)O. The molecule has 150 valence electrons. The van der Waals surface area contributed by atoms with Gasteiger partial charge >= 0.3 is 5.97 Å². The summed E-state index contributed by atoms with van der Waals surface area (Å²) >= 11 is 1.50. The number of hydrogen-bond acceptors (Lipinski definition) is 5. The Hall–Kier alpha value is -2.32. The number of amides is 1. The fourth-order valence-corrected chi connectivity index (χ4v) is 4.68. The van der Waals surface area contributed by atoms with E-state index in [-0.39, 0.29) is 11.3 Å². The van der Waals surface area contributed by atoms with Gasteiger partial charge in [-0.2, -0.15) is 0 Å². The van der Waals surface area contributed by atoms with Crippen LogP contribution in [0.5, 0.6) is 0 Å². The van der Waals surface area contributed by atoms with Gasteiger partial charge in [0.25, 0.3) is 0 Å². The first-order chi connectivity index (χ1) is 13.3. The molecule has 0 unspecified atom stereocenters. The van der Waals surface area contributed by atoms with Gasteiger partial charge in [0.2, 0.25) is 5.91 Å². The minimum Gasteiger partial charge on any atom is -0.480 e. The molecule has 0 aliphatic rings. The van der Waals surface area contributed by atoms with E-state index in [2.05, 4.69) is 5.32 Å². The van der Waals surface area contributed by atoms with Crippen molar-refractivity contribution in [2.24, 2.45) is 0 Å². The predicted molar refractivity (Wildman–Crippen MR) is 108 cm³/mol. The molecule has 0 aliphatic heterocycles. The summed E-state index contributed by atoms with van der Waals surface area (Å²) in [5.74, 6) is -2.52. The first kappa shape index (κ1) is 22.0. The Morgan fingerprint density at radius 1 is 1.04 bits per heavy atom. The van der Waals surface area contributed by atoms with Gasteiger partial charge in [0.15, 0.2) is 9.84 Å². The first-order valence-corrected chi connectivity index (χ1v) is 11.4. The van der Waals surface area contributed by atoms with Crippen molar-refractivity contribution in [2.75, 3.05) is 5.75 Å². The number of carboxylic acid groups (broad SMARTS) is 1. The van der Waals surface area contributed by atoms with Gasteiger partial charge in [-0.05, 0) is 42.8 Å². The largest absolute Gasteiger partial charge is 0.480 e. The van der Waals surface area contributed by atoms with Crippen LogP contribution >= 0.6 is 11.8 Å². The summed E-state index contributed by atoms with van der Waals surface area (Å²) in [6.45, 7) is 1.91. The van der Waals surface area contributed by atoms with Crippen molar-refractivity contribution in [1.82, 2.24) is 5.32 Å². The Kier molecular flexibility index (Phi) is 8.07. The molecule has 0 saturated carbocycles. The zero-order valence-corrected chi connectivity index (χ0v) is 17.1. The van der Waals surface area contributed by atoms with Crippen molar-refractivity contribution >= 4 is 33.5 Å². The molecule has 0 heterocycles. The van der Waals surface area contributed by atoms with Gasteiger partial charge < -0.3 is 10.4 Å². The van der Waals surface area contributed by atoms with Gasteiger partial charge in [-0.1, -0.05) is 43.3 Å². The lowest BCUT2D eigenvalue weighted by atomic mass is 10.2. The molecule has 28 heavy (non-hydrogen) atoms. The fourth-order valence-electron chi connectivity index (χ4n) is 2.43. The molecule has 2 rings (SSSR count). The first-order valence-electron chi connectivity index (χ1n) is 8.89. The summed E-state index contributed by atoms with van der Waals surface area (Å²) in [7, 11) is -3.87. The molecule has 0 saturated heterocycles. The molecule has 2 aromatic carbocycles. The second-order valence-corrected chi connectivity index (χ2v) is 9.41. The van der Waals surface area contributed by atoms with E-state index < -0.39 is 33.5 Å². The van der Waals surface area contributed by atoms with Crippen LogP contribution in [0.2, 0.25) is 0 Å². The van der Waals surface area contributed by atoms with E-state index in [0.717, 1.165) is 16.2 Å². The molecule has 0 radical (unpaired) electrons. The highest BCUT2D eigenvalue weighted by Crippen LogP contribution is 2.28. The quantitative estimate of drug-likeness (QED) is 0.610. The molecule has 1 atom stereocenters.